The Balaban J connectivity index is 1.47. The van der Waals surface area contributed by atoms with Crippen molar-refractivity contribution in [1.82, 2.24) is 10.6 Å². The number of rotatable bonds is 6. The lowest BCUT2D eigenvalue weighted by Crippen LogP contribution is -2.39. The Morgan fingerprint density at radius 3 is 2.33 bits per heavy atom. The van der Waals surface area contributed by atoms with Gasteiger partial charge in [-0.3, -0.25) is 9.59 Å². The molecule has 27 heavy (non-hydrogen) atoms. The van der Waals surface area contributed by atoms with Crippen molar-refractivity contribution < 1.29 is 14.7 Å². The zero-order chi connectivity index (χ0) is 19.2. The molecule has 1 atom stereocenters. The summed E-state index contributed by atoms with van der Waals surface area (Å²) >= 11 is 2.91. The van der Waals surface area contributed by atoms with Crippen LogP contribution >= 0.6 is 22.7 Å². The number of benzene rings is 1. The van der Waals surface area contributed by atoms with E-state index in [0.29, 0.717) is 6.54 Å². The normalized spacial score (nSPS) is 11.8. The molecule has 0 aliphatic rings. The van der Waals surface area contributed by atoms with Gasteiger partial charge in [-0.1, -0.05) is 35.9 Å². The maximum absolute atomic E-state index is 12.0. The first-order valence-electron chi connectivity index (χ1n) is 8.44. The van der Waals surface area contributed by atoms with Crippen LogP contribution in [0.2, 0.25) is 0 Å². The molecule has 0 saturated heterocycles. The maximum atomic E-state index is 12.0. The minimum Gasteiger partial charge on any atom is -0.382 e. The van der Waals surface area contributed by atoms with Gasteiger partial charge in [-0.25, -0.2) is 0 Å². The summed E-state index contributed by atoms with van der Waals surface area (Å²) in [6, 6.07) is 15.2. The Bertz CT molecular complexity index is 902. The predicted molar refractivity (Wildman–Crippen MR) is 108 cm³/mol. The third-order valence-corrected chi connectivity index (χ3v) is 6.03. The van der Waals surface area contributed by atoms with Crippen molar-refractivity contribution in [1.29, 1.82) is 0 Å². The lowest BCUT2D eigenvalue weighted by molar-refractivity contribution is -0.139. The molecular formula is C20H20N2O3S2. The van der Waals surface area contributed by atoms with Gasteiger partial charge in [0.25, 0.3) is 0 Å². The van der Waals surface area contributed by atoms with Crippen LogP contribution < -0.4 is 10.6 Å². The van der Waals surface area contributed by atoms with E-state index in [1.165, 1.54) is 22.7 Å². The molecule has 7 heteroatoms. The minimum absolute atomic E-state index is 0.249. The molecule has 1 unspecified atom stereocenters. The third-order valence-electron chi connectivity index (χ3n) is 3.97. The van der Waals surface area contributed by atoms with E-state index in [1.807, 2.05) is 60.8 Å². The second-order valence-corrected chi connectivity index (χ2v) is 8.25. The minimum atomic E-state index is -0.670. The van der Waals surface area contributed by atoms with Crippen LogP contribution in [0.25, 0.3) is 0 Å². The summed E-state index contributed by atoms with van der Waals surface area (Å²) in [6.45, 7) is 2.55. The first kappa shape index (κ1) is 19.3. The van der Waals surface area contributed by atoms with Crippen LogP contribution in [0.15, 0.2) is 53.9 Å². The Morgan fingerprint density at radius 2 is 1.67 bits per heavy atom. The molecule has 2 heterocycles. The Labute approximate surface area is 165 Å². The number of carbonyl (C=O) groups excluding carboxylic acids is 2. The molecule has 0 aliphatic heterocycles. The van der Waals surface area contributed by atoms with Crippen molar-refractivity contribution in [2.75, 3.05) is 0 Å². The topological polar surface area (TPSA) is 78.4 Å². The zero-order valence-electron chi connectivity index (χ0n) is 14.8. The van der Waals surface area contributed by atoms with Gasteiger partial charge in [0.05, 0.1) is 6.54 Å². The first-order chi connectivity index (χ1) is 13.0. The molecule has 0 radical (unpaired) electrons. The molecule has 0 saturated carbocycles. The first-order valence-corrected chi connectivity index (χ1v) is 10.1. The van der Waals surface area contributed by atoms with E-state index in [0.717, 1.165) is 25.8 Å². The summed E-state index contributed by atoms with van der Waals surface area (Å²) in [6.07, 6.45) is -0.655. The molecule has 140 valence electrons. The smallest absolute Gasteiger partial charge is 0.309 e. The summed E-state index contributed by atoms with van der Waals surface area (Å²) in [5.74, 6) is -1.33. The highest BCUT2D eigenvalue weighted by molar-refractivity contribution is 7.12. The van der Waals surface area contributed by atoms with Crippen LogP contribution in [0.1, 0.15) is 31.9 Å². The Kier molecular flexibility index (Phi) is 6.39. The number of amides is 2. The number of hydrogen-bond donors (Lipinski definition) is 3. The Hall–Kier alpha value is -2.48. The van der Waals surface area contributed by atoms with E-state index in [4.69, 9.17) is 0 Å². The SMILES string of the molecule is Cc1ccc(CNC(=O)C(=O)NCc2ccc(C(O)c3cccs3)s2)cc1. The van der Waals surface area contributed by atoms with E-state index in [-0.39, 0.29) is 6.54 Å². The molecule has 0 bridgehead atoms. The van der Waals surface area contributed by atoms with Crippen LogP contribution in [0, 0.1) is 6.92 Å². The van der Waals surface area contributed by atoms with E-state index < -0.39 is 17.9 Å². The van der Waals surface area contributed by atoms with Crippen LogP contribution in [-0.2, 0) is 22.7 Å². The largest absolute Gasteiger partial charge is 0.382 e. The Morgan fingerprint density at radius 1 is 0.963 bits per heavy atom. The van der Waals surface area contributed by atoms with Gasteiger partial charge < -0.3 is 15.7 Å². The number of nitrogens with one attached hydrogen (secondary N) is 2. The van der Waals surface area contributed by atoms with Gasteiger partial charge in [0.15, 0.2) is 0 Å². The predicted octanol–water partition coefficient (Wildman–Crippen LogP) is 3.13. The third kappa shape index (κ3) is 5.26. The average molecular weight is 401 g/mol. The van der Waals surface area contributed by atoms with Crippen molar-refractivity contribution in [3.8, 4) is 0 Å². The van der Waals surface area contributed by atoms with Gasteiger partial charge in [0, 0.05) is 21.2 Å². The second kappa shape index (κ2) is 8.94. The summed E-state index contributed by atoms with van der Waals surface area (Å²) in [5, 5.41) is 17.5. The van der Waals surface area contributed by atoms with Crippen molar-refractivity contribution in [2.45, 2.75) is 26.1 Å². The molecule has 0 spiro atoms. The standard InChI is InChI=1S/C20H20N2O3S2/c1-13-4-6-14(7-5-13)11-21-19(24)20(25)22-12-15-8-9-17(27-15)18(23)16-3-2-10-26-16/h2-10,18,23H,11-12H2,1H3,(H,21,24)(H,22,25). The molecule has 2 aromatic heterocycles. The highest BCUT2D eigenvalue weighted by Gasteiger charge is 2.16. The lowest BCUT2D eigenvalue weighted by Gasteiger charge is -2.07. The van der Waals surface area contributed by atoms with Gasteiger partial charge in [0.2, 0.25) is 0 Å². The zero-order valence-corrected chi connectivity index (χ0v) is 16.4. The molecular weight excluding hydrogens is 380 g/mol. The fourth-order valence-electron chi connectivity index (χ4n) is 2.44. The second-order valence-electron chi connectivity index (χ2n) is 6.07. The number of aryl methyl sites for hydroxylation is 1. The van der Waals surface area contributed by atoms with E-state index in [1.54, 1.807) is 0 Å². The number of aliphatic hydroxyl groups excluding tert-OH is 1. The van der Waals surface area contributed by atoms with Crippen molar-refractivity contribution in [3.63, 3.8) is 0 Å². The van der Waals surface area contributed by atoms with Crippen LogP contribution in [0.4, 0.5) is 0 Å². The van der Waals surface area contributed by atoms with Gasteiger partial charge in [-0.15, -0.1) is 22.7 Å². The summed E-state index contributed by atoms with van der Waals surface area (Å²) in [4.78, 5) is 26.4. The lowest BCUT2D eigenvalue weighted by atomic mass is 10.1. The van der Waals surface area contributed by atoms with Crippen LogP contribution in [0.3, 0.4) is 0 Å². The molecule has 1 aromatic carbocycles. The van der Waals surface area contributed by atoms with Crippen LogP contribution in [-0.4, -0.2) is 16.9 Å². The monoisotopic (exact) mass is 400 g/mol. The molecule has 0 fully saturated rings. The molecule has 3 aromatic rings. The number of carbonyl (C=O) groups is 2. The van der Waals surface area contributed by atoms with Gasteiger partial charge in [0.1, 0.15) is 6.10 Å². The fourth-order valence-corrected chi connectivity index (χ4v) is 4.20. The molecule has 3 N–H and O–H groups in total. The highest BCUT2D eigenvalue weighted by atomic mass is 32.1. The summed E-state index contributed by atoms with van der Waals surface area (Å²) in [7, 11) is 0. The van der Waals surface area contributed by atoms with Crippen molar-refractivity contribution >= 4 is 34.5 Å². The van der Waals surface area contributed by atoms with Crippen LogP contribution in [0.5, 0.6) is 0 Å². The van der Waals surface area contributed by atoms with E-state index in [2.05, 4.69) is 10.6 Å². The maximum Gasteiger partial charge on any atom is 0.309 e. The average Bonchev–Trinajstić information content (AvgIpc) is 3.37. The summed E-state index contributed by atoms with van der Waals surface area (Å²) < 4.78 is 0. The van der Waals surface area contributed by atoms with Crippen molar-refractivity contribution in [2.24, 2.45) is 0 Å². The van der Waals surface area contributed by atoms with Gasteiger partial charge in [-0.2, -0.15) is 0 Å². The van der Waals surface area contributed by atoms with E-state index >= 15 is 0 Å². The molecule has 5 nitrogen and oxygen atoms in total. The quantitative estimate of drug-likeness (QED) is 0.556. The molecule has 3 rings (SSSR count). The molecule has 2 amide bonds. The van der Waals surface area contributed by atoms with E-state index in [9.17, 15) is 14.7 Å². The van der Waals surface area contributed by atoms with Crippen molar-refractivity contribution in [3.05, 3.63) is 79.7 Å². The van der Waals surface area contributed by atoms with Gasteiger partial charge in [-0.05, 0) is 36.1 Å². The summed E-state index contributed by atoms with van der Waals surface area (Å²) in [5.41, 5.74) is 2.08. The highest BCUT2D eigenvalue weighted by Crippen LogP contribution is 2.30. The fraction of sp³-hybridized carbons (Fsp3) is 0.200. The number of aliphatic hydroxyl groups is 1. The molecule has 0 aliphatic carbocycles. The number of hydrogen-bond acceptors (Lipinski definition) is 5. The van der Waals surface area contributed by atoms with Gasteiger partial charge >= 0.3 is 11.8 Å². The number of thiophene rings is 2.